The highest BCUT2D eigenvalue weighted by Gasteiger charge is 2.35. The predicted octanol–water partition coefficient (Wildman–Crippen LogP) is 5.64. The first-order chi connectivity index (χ1) is 18.1. The third kappa shape index (κ3) is 4.92. The molecule has 5 rings (SSSR count). The first kappa shape index (κ1) is 26.0. The van der Waals surface area contributed by atoms with Crippen LogP contribution in [0.2, 0.25) is 0 Å². The van der Waals surface area contributed by atoms with Crippen LogP contribution in [0.15, 0.2) is 36.5 Å². The number of benzene rings is 2. The number of hydrogen-bond donors (Lipinski definition) is 1. The lowest BCUT2D eigenvalue weighted by Crippen LogP contribution is -2.48. The van der Waals surface area contributed by atoms with Crippen LogP contribution in [0.5, 0.6) is 5.75 Å². The molecule has 3 heterocycles. The molecule has 1 amide bonds. The summed E-state index contributed by atoms with van der Waals surface area (Å²) in [6, 6.07) is 7.20. The van der Waals surface area contributed by atoms with Gasteiger partial charge in [0.15, 0.2) is 23.5 Å². The third-order valence-corrected chi connectivity index (χ3v) is 7.11. The van der Waals surface area contributed by atoms with Gasteiger partial charge in [-0.05, 0) is 89.5 Å². The second kappa shape index (κ2) is 10.2. The molecule has 1 aromatic heterocycles. The maximum absolute atomic E-state index is 15.1. The normalized spacial score (nSPS) is 18.5. The number of carbonyl (C=O) groups excluding carboxylic acids is 1. The first-order valence-electron chi connectivity index (χ1n) is 12.7. The van der Waals surface area contributed by atoms with Gasteiger partial charge in [-0.1, -0.05) is 6.07 Å². The standard InChI is InChI=1S/C28H30F3N5O2/c1-15(2)36-24-12-18(11-22(30)26(24)38-16(3)27(36)37)25-23(31)14-32-28(34-25)33-19-5-6-20(21(29)13-19)17-7-9-35(4)10-8-17/h5-6,11-17H,7-10H2,1-4H3,(H,32,33,34). The number of aromatic nitrogens is 2. The van der Waals surface area contributed by atoms with Crippen LogP contribution in [0.1, 0.15) is 45.1 Å². The molecule has 2 aliphatic heterocycles. The Kier molecular flexibility index (Phi) is 7.00. The number of amides is 1. The van der Waals surface area contributed by atoms with Crippen molar-refractivity contribution in [2.75, 3.05) is 30.4 Å². The Labute approximate surface area is 219 Å². The molecule has 7 nitrogen and oxygen atoms in total. The molecule has 0 spiro atoms. The summed E-state index contributed by atoms with van der Waals surface area (Å²) in [6.45, 7) is 7.00. The van der Waals surface area contributed by atoms with Crippen LogP contribution >= 0.6 is 0 Å². The molecule has 3 aromatic rings. The maximum atomic E-state index is 15.1. The molecule has 0 bridgehead atoms. The van der Waals surface area contributed by atoms with Crippen LogP contribution < -0.4 is 15.0 Å². The Morgan fingerprint density at radius 3 is 2.47 bits per heavy atom. The Hall–Kier alpha value is -3.66. The summed E-state index contributed by atoms with van der Waals surface area (Å²) in [6.07, 6.45) is 1.91. The van der Waals surface area contributed by atoms with Gasteiger partial charge in [-0.3, -0.25) is 4.79 Å². The fourth-order valence-electron chi connectivity index (χ4n) is 5.10. The highest BCUT2D eigenvalue weighted by atomic mass is 19.1. The summed E-state index contributed by atoms with van der Waals surface area (Å²) in [7, 11) is 2.06. The number of rotatable bonds is 5. The molecule has 38 heavy (non-hydrogen) atoms. The summed E-state index contributed by atoms with van der Waals surface area (Å²) in [5.74, 6) is -2.03. The van der Waals surface area contributed by atoms with Gasteiger partial charge in [0.25, 0.3) is 5.91 Å². The molecule has 0 saturated carbocycles. The van der Waals surface area contributed by atoms with E-state index >= 15 is 4.39 Å². The van der Waals surface area contributed by atoms with Crippen molar-refractivity contribution in [1.82, 2.24) is 14.9 Å². The number of fused-ring (bicyclic) bond motifs is 1. The summed E-state index contributed by atoms with van der Waals surface area (Å²) in [5.41, 5.74) is 1.24. The predicted molar refractivity (Wildman–Crippen MR) is 139 cm³/mol. The number of anilines is 3. The van der Waals surface area contributed by atoms with Gasteiger partial charge in [-0.15, -0.1) is 0 Å². The summed E-state index contributed by atoms with van der Waals surface area (Å²) >= 11 is 0. The maximum Gasteiger partial charge on any atom is 0.268 e. The van der Waals surface area contributed by atoms with Crippen LogP contribution in [0.3, 0.4) is 0 Å². The van der Waals surface area contributed by atoms with Crippen molar-refractivity contribution in [2.24, 2.45) is 0 Å². The third-order valence-electron chi connectivity index (χ3n) is 7.11. The van der Waals surface area contributed by atoms with Crippen molar-refractivity contribution < 1.29 is 22.7 Å². The van der Waals surface area contributed by atoms with Crippen molar-refractivity contribution in [3.63, 3.8) is 0 Å². The second-order valence-corrected chi connectivity index (χ2v) is 10.2. The van der Waals surface area contributed by atoms with Crippen molar-refractivity contribution in [2.45, 2.75) is 51.7 Å². The number of nitrogens with zero attached hydrogens (tertiary/aromatic N) is 4. The minimum absolute atomic E-state index is 0.0210. The van der Waals surface area contributed by atoms with Crippen molar-refractivity contribution in [3.05, 3.63) is 59.5 Å². The van der Waals surface area contributed by atoms with Gasteiger partial charge in [0.1, 0.15) is 11.5 Å². The van der Waals surface area contributed by atoms with E-state index in [0.717, 1.165) is 38.2 Å². The van der Waals surface area contributed by atoms with Crippen LogP contribution in [0, 0.1) is 17.5 Å². The van der Waals surface area contributed by atoms with E-state index in [4.69, 9.17) is 4.74 Å². The lowest BCUT2D eigenvalue weighted by atomic mass is 9.89. The Morgan fingerprint density at radius 1 is 1.05 bits per heavy atom. The minimum Gasteiger partial charge on any atom is -0.476 e. The molecule has 2 aliphatic rings. The highest BCUT2D eigenvalue weighted by Crippen LogP contribution is 2.41. The fourth-order valence-corrected chi connectivity index (χ4v) is 5.10. The zero-order chi connectivity index (χ0) is 27.1. The zero-order valence-corrected chi connectivity index (χ0v) is 21.8. The van der Waals surface area contributed by atoms with Crippen LogP contribution in [-0.4, -0.2) is 53.1 Å². The molecule has 1 unspecified atom stereocenters. The molecule has 1 saturated heterocycles. The average molecular weight is 526 g/mol. The quantitative estimate of drug-likeness (QED) is 0.465. The number of nitrogens with one attached hydrogen (secondary N) is 1. The van der Waals surface area contributed by atoms with Crippen LogP contribution in [0.25, 0.3) is 11.3 Å². The SMILES string of the molecule is CC1Oc2c(F)cc(-c3nc(Nc4ccc(C5CCN(C)CC5)c(F)c4)ncc3F)cc2N(C(C)C)C1=O. The van der Waals surface area contributed by atoms with E-state index in [1.54, 1.807) is 32.9 Å². The van der Waals surface area contributed by atoms with Crippen molar-refractivity contribution in [1.29, 1.82) is 0 Å². The molecule has 0 radical (unpaired) electrons. The Balaban J connectivity index is 1.44. The van der Waals surface area contributed by atoms with Crippen LogP contribution in [0.4, 0.5) is 30.5 Å². The van der Waals surface area contributed by atoms with E-state index in [2.05, 4.69) is 27.2 Å². The molecule has 1 N–H and O–H groups in total. The van der Waals surface area contributed by atoms with Gasteiger partial charge in [0.2, 0.25) is 5.95 Å². The summed E-state index contributed by atoms with van der Waals surface area (Å²) in [4.78, 5) is 24.6. The molecule has 1 atom stereocenters. The minimum atomic E-state index is -0.844. The number of ether oxygens (including phenoxy) is 1. The topological polar surface area (TPSA) is 70.6 Å². The fraction of sp³-hybridized carbons (Fsp3) is 0.393. The number of halogens is 3. The number of likely N-dealkylation sites (tertiary alicyclic amines) is 1. The molecule has 0 aliphatic carbocycles. The monoisotopic (exact) mass is 525 g/mol. The van der Waals surface area contributed by atoms with E-state index in [9.17, 15) is 13.6 Å². The van der Waals surface area contributed by atoms with Crippen molar-refractivity contribution in [3.8, 4) is 17.0 Å². The highest BCUT2D eigenvalue weighted by molar-refractivity contribution is 6.01. The van der Waals surface area contributed by atoms with Gasteiger partial charge < -0.3 is 19.9 Å². The number of carbonyl (C=O) groups is 1. The van der Waals surface area contributed by atoms with E-state index in [1.807, 2.05) is 0 Å². The molecule has 10 heteroatoms. The van der Waals surface area contributed by atoms with E-state index in [-0.39, 0.29) is 52.3 Å². The summed E-state index contributed by atoms with van der Waals surface area (Å²) < 4.78 is 50.4. The smallest absolute Gasteiger partial charge is 0.268 e. The first-order valence-corrected chi connectivity index (χ1v) is 12.7. The van der Waals surface area contributed by atoms with Gasteiger partial charge in [-0.25, -0.2) is 23.1 Å². The van der Waals surface area contributed by atoms with Gasteiger partial charge in [-0.2, -0.15) is 0 Å². The van der Waals surface area contributed by atoms with Crippen molar-refractivity contribution >= 4 is 23.2 Å². The lowest BCUT2D eigenvalue weighted by Gasteiger charge is -2.36. The Bertz CT molecular complexity index is 1370. The Morgan fingerprint density at radius 2 is 1.79 bits per heavy atom. The molecular formula is C28H30F3N5O2. The second-order valence-electron chi connectivity index (χ2n) is 10.2. The van der Waals surface area contributed by atoms with Gasteiger partial charge >= 0.3 is 0 Å². The largest absolute Gasteiger partial charge is 0.476 e. The molecular weight excluding hydrogens is 495 g/mol. The van der Waals surface area contributed by atoms with Gasteiger partial charge in [0, 0.05) is 17.3 Å². The van der Waals surface area contributed by atoms with Gasteiger partial charge in [0.05, 0.1) is 11.9 Å². The number of piperidine rings is 1. The molecule has 2 aromatic carbocycles. The summed E-state index contributed by atoms with van der Waals surface area (Å²) in [5, 5.41) is 2.92. The average Bonchev–Trinajstić information content (AvgIpc) is 2.87. The van der Waals surface area contributed by atoms with Crippen LogP contribution in [-0.2, 0) is 4.79 Å². The van der Waals surface area contributed by atoms with E-state index < -0.39 is 17.7 Å². The zero-order valence-electron chi connectivity index (χ0n) is 21.8. The lowest BCUT2D eigenvalue weighted by molar-refractivity contribution is -0.126. The molecule has 1 fully saturated rings. The number of hydrogen-bond acceptors (Lipinski definition) is 6. The van der Waals surface area contributed by atoms with E-state index in [0.29, 0.717) is 11.3 Å². The van der Waals surface area contributed by atoms with E-state index in [1.165, 1.54) is 17.0 Å². The molecule has 200 valence electrons.